The van der Waals surface area contributed by atoms with Gasteiger partial charge in [-0.3, -0.25) is 9.69 Å². The minimum absolute atomic E-state index is 0.0173. The third-order valence-corrected chi connectivity index (χ3v) is 8.99. The lowest BCUT2D eigenvalue weighted by Crippen LogP contribution is -2.43. The first-order valence-electron chi connectivity index (χ1n) is 15.2. The molecule has 3 N–H and O–H groups in total. The number of fused-ring (bicyclic) bond motifs is 2. The molecule has 1 aliphatic carbocycles. The van der Waals surface area contributed by atoms with Crippen LogP contribution in [0.25, 0.3) is 11.0 Å². The lowest BCUT2D eigenvalue weighted by Gasteiger charge is -2.30. The van der Waals surface area contributed by atoms with E-state index >= 15 is 0 Å². The highest BCUT2D eigenvalue weighted by molar-refractivity contribution is 5.84. The van der Waals surface area contributed by atoms with Crippen molar-refractivity contribution >= 4 is 16.9 Å². The average molecular weight is 624 g/mol. The van der Waals surface area contributed by atoms with Gasteiger partial charge in [-0.25, -0.2) is 9.37 Å². The number of pyridine rings is 1. The Morgan fingerprint density at radius 2 is 1.84 bits per heavy atom. The van der Waals surface area contributed by atoms with Gasteiger partial charge in [-0.05, 0) is 65.8 Å². The van der Waals surface area contributed by atoms with E-state index in [2.05, 4.69) is 15.3 Å². The van der Waals surface area contributed by atoms with Crippen molar-refractivity contribution in [1.29, 1.82) is 0 Å². The molecule has 4 aromatic rings. The topological polar surface area (TPSA) is 93.7 Å². The molecule has 8 nitrogen and oxygen atoms in total. The van der Waals surface area contributed by atoms with Crippen LogP contribution in [0.4, 0.5) is 17.6 Å². The van der Waals surface area contributed by atoms with Gasteiger partial charge < -0.3 is 25.0 Å². The Kier molecular flexibility index (Phi) is 7.53. The first-order valence-corrected chi connectivity index (χ1v) is 15.2. The number of hydrogen-bond acceptors (Lipinski definition) is 6. The average Bonchev–Trinajstić information content (AvgIpc) is 3.62. The highest BCUT2D eigenvalue weighted by Crippen LogP contribution is 2.46. The molecular formula is C33H33F4N5O3. The molecule has 2 aromatic carbocycles. The summed E-state index contributed by atoms with van der Waals surface area (Å²) in [5.74, 6) is -0.564. The quantitative estimate of drug-likeness (QED) is 0.250. The second kappa shape index (κ2) is 11.4. The zero-order valence-corrected chi connectivity index (χ0v) is 24.5. The highest BCUT2D eigenvalue weighted by atomic mass is 19.4. The molecule has 0 radical (unpaired) electrons. The van der Waals surface area contributed by atoms with Gasteiger partial charge in [0.1, 0.15) is 17.0 Å². The number of nitrogens with one attached hydrogen (secondary N) is 2. The predicted octanol–water partition coefficient (Wildman–Crippen LogP) is 5.03. The molecule has 45 heavy (non-hydrogen) atoms. The lowest BCUT2D eigenvalue weighted by molar-refractivity contribution is -0.138. The Labute approximate surface area is 257 Å². The maximum atomic E-state index is 14.9. The number of piperazine rings is 1. The summed E-state index contributed by atoms with van der Waals surface area (Å²) < 4.78 is 63.0. The van der Waals surface area contributed by atoms with E-state index in [0.717, 1.165) is 36.5 Å². The van der Waals surface area contributed by atoms with E-state index in [1.54, 1.807) is 29.2 Å². The number of ether oxygens (including phenoxy) is 1. The minimum Gasteiger partial charge on any atom is -0.453 e. The van der Waals surface area contributed by atoms with Gasteiger partial charge in [-0.2, -0.15) is 13.2 Å². The first-order chi connectivity index (χ1) is 21.6. The summed E-state index contributed by atoms with van der Waals surface area (Å²) in [5, 5.41) is 14.1. The smallest absolute Gasteiger partial charge is 0.416 e. The predicted molar refractivity (Wildman–Crippen MR) is 158 cm³/mol. The zero-order chi connectivity index (χ0) is 31.3. The molecule has 0 atom stereocenters. The van der Waals surface area contributed by atoms with Crippen molar-refractivity contribution in [1.82, 2.24) is 25.1 Å². The summed E-state index contributed by atoms with van der Waals surface area (Å²) in [4.78, 5) is 24.1. The van der Waals surface area contributed by atoms with Crippen molar-refractivity contribution in [2.75, 3.05) is 32.7 Å². The molecule has 0 bridgehead atoms. The molecule has 0 unspecified atom stereocenters. The third-order valence-electron chi connectivity index (χ3n) is 8.99. The van der Waals surface area contributed by atoms with Crippen LogP contribution in [0.1, 0.15) is 46.4 Å². The fourth-order valence-corrected chi connectivity index (χ4v) is 6.23. The number of hydrogen-bond donors (Lipinski definition) is 3. The summed E-state index contributed by atoms with van der Waals surface area (Å²) in [6.45, 7) is 3.75. The van der Waals surface area contributed by atoms with E-state index in [-0.39, 0.29) is 36.7 Å². The number of aromatic nitrogens is 2. The molecule has 3 aliphatic rings. The highest BCUT2D eigenvalue weighted by Gasteiger charge is 2.44. The number of aliphatic hydroxyl groups is 1. The fraction of sp³-hybridized carbons (Fsp3) is 0.394. The summed E-state index contributed by atoms with van der Waals surface area (Å²) in [6, 6.07) is 11.3. The first kappa shape index (κ1) is 29.7. The molecule has 236 valence electrons. The van der Waals surface area contributed by atoms with Crippen LogP contribution in [0.5, 0.6) is 11.5 Å². The number of rotatable bonds is 7. The van der Waals surface area contributed by atoms with Gasteiger partial charge in [0.2, 0.25) is 5.91 Å². The number of alkyl halides is 3. The number of halogens is 4. The van der Waals surface area contributed by atoms with Gasteiger partial charge in [0.25, 0.3) is 0 Å². The number of aromatic amines is 1. The van der Waals surface area contributed by atoms with Crippen LogP contribution < -0.4 is 10.1 Å². The SMILES string of the molecule is O=C(Cc1ccc(CN2CCNCC2)c(C(F)(F)F)c1)N1CCc2ccc(Oc3c(F)cnc4[nH]c(C5(O)CC5)cc34)cc2C1. The van der Waals surface area contributed by atoms with Crippen molar-refractivity contribution in [3.05, 3.63) is 88.0 Å². The number of carbonyl (C=O) groups is 1. The van der Waals surface area contributed by atoms with Crippen molar-refractivity contribution < 1.29 is 32.2 Å². The van der Waals surface area contributed by atoms with E-state index in [0.29, 0.717) is 66.9 Å². The molecule has 2 aliphatic heterocycles. The minimum atomic E-state index is -4.53. The Balaban J connectivity index is 1.06. The molecule has 7 rings (SSSR count). The van der Waals surface area contributed by atoms with Gasteiger partial charge in [0.15, 0.2) is 11.6 Å². The van der Waals surface area contributed by atoms with Gasteiger partial charge >= 0.3 is 6.18 Å². The summed E-state index contributed by atoms with van der Waals surface area (Å²) >= 11 is 0. The molecule has 2 fully saturated rings. The van der Waals surface area contributed by atoms with Crippen LogP contribution >= 0.6 is 0 Å². The number of nitrogens with zero attached hydrogens (tertiary/aromatic N) is 3. The normalized spacial score (nSPS) is 18.2. The van der Waals surface area contributed by atoms with Crippen molar-refractivity contribution in [2.45, 2.75) is 50.6 Å². The maximum absolute atomic E-state index is 14.9. The van der Waals surface area contributed by atoms with Crippen LogP contribution in [-0.2, 0) is 42.5 Å². The number of benzene rings is 2. The van der Waals surface area contributed by atoms with Crippen LogP contribution in [-0.4, -0.2) is 63.5 Å². The molecule has 12 heteroatoms. The van der Waals surface area contributed by atoms with E-state index < -0.39 is 23.2 Å². The molecular weight excluding hydrogens is 590 g/mol. The largest absolute Gasteiger partial charge is 0.453 e. The Morgan fingerprint density at radius 1 is 1.04 bits per heavy atom. The summed E-state index contributed by atoms with van der Waals surface area (Å²) in [6.07, 6.45) is -1.80. The van der Waals surface area contributed by atoms with Crippen LogP contribution in [0.15, 0.2) is 48.7 Å². The van der Waals surface area contributed by atoms with Crippen molar-refractivity contribution in [2.24, 2.45) is 0 Å². The Morgan fingerprint density at radius 3 is 2.60 bits per heavy atom. The molecule has 1 amide bonds. The van der Waals surface area contributed by atoms with Gasteiger partial charge in [0.05, 0.1) is 23.6 Å². The monoisotopic (exact) mass is 623 g/mol. The number of carbonyl (C=O) groups excluding carboxylic acids is 1. The van der Waals surface area contributed by atoms with Crippen molar-refractivity contribution in [3.63, 3.8) is 0 Å². The van der Waals surface area contributed by atoms with Crippen molar-refractivity contribution in [3.8, 4) is 11.5 Å². The van der Waals surface area contributed by atoms with Gasteiger partial charge in [-0.1, -0.05) is 18.2 Å². The van der Waals surface area contributed by atoms with Crippen LogP contribution in [0, 0.1) is 5.82 Å². The molecule has 1 saturated heterocycles. The molecule has 4 heterocycles. The van der Waals surface area contributed by atoms with Gasteiger partial charge in [-0.15, -0.1) is 0 Å². The number of H-pyrrole nitrogens is 1. The molecule has 2 aromatic heterocycles. The fourth-order valence-electron chi connectivity index (χ4n) is 6.23. The Bertz CT molecular complexity index is 1760. The van der Waals surface area contributed by atoms with E-state index in [4.69, 9.17) is 4.74 Å². The van der Waals surface area contributed by atoms with Crippen LogP contribution in [0.3, 0.4) is 0 Å². The van der Waals surface area contributed by atoms with Gasteiger partial charge in [0, 0.05) is 51.5 Å². The van der Waals surface area contributed by atoms with Crippen LogP contribution in [0.2, 0.25) is 0 Å². The Hall–Kier alpha value is -4.00. The van der Waals surface area contributed by atoms with E-state index in [1.807, 2.05) is 11.0 Å². The number of amides is 1. The third kappa shape index (κ3) is 6.14. The zero-order valence-electron chi connectivity index (χ0n) is 24.5. The lowest BCUT2D eigenvalue weighted by atomic mass is 9.97. The molecule has 1 saturated carbocycles. The molecule has 0 spiro atoms. The summed E-state index contributed by atoms with van der Waals surface area (Å²) in [7, 11) is 0. The van der Waals surface area contributed by atoms with E-state index in [9.17, 15) is 27.5 Å². The second-order valence-corrected chi connectivity index (χ2v) is 12.2. The second-order valence-electron chi connectivity index (χ2n) is 12.2. The standard InChI is InChI=1S/C33H33F4N5O3/c34-27-17-39-31-25(16-28(40-31)32(44)6-7-32)30(27)45-24-4-3-21-5-10-42(19-23(21)15-24)29(43)14-20-1-2-22(26(13-20)33(35,36)37)18-41-11-8-38-9-12-41/h1-4,13,15-17,38,44H,5-12,14,18-19H2,(H,39,40). The maximum Gasteiger partial charge on any atom is 0.416 e. The van der Waals surface area contributed by atoms with E-state index in [1.165, 1.54) is 6.07 Å². The summed E-state index contributed by atoms with van der Waals surface area (Å²) in [5.41, 5.74) is 1.69.